The molecule has 2 aromatic heterocycles. The number of benzene rings is 2. The molecule has 1 amide bonds. The first kappa shape index (κ1) is 16.1. The number of aromatic amines is 1. The molecular weight excluding hydrogens is 326 g/mol. The zero-order valence-electron chi connectivity index (χ0n) is 14.5. The third-order valence-electron chi connectivity index (χ3n) is 4.53. The van der Waals surface area contributed by atoms with Crippen molar-refractivity contribution in [2.24, 2.45) is 0 Å². The van der Waals surface area contributed by atoms with Gasteiger partial charge in [0.15, 0.2) is 0 Å². The Kier molecular flexibility index (Phi) is 4.05. The summed E-state index contributed by atoms with van der Waals surface area (Å²) < 4.78 is 2.19. The summed E-state index contributed by atoms with van der Waals surface area (Å²) >= 11 is 0. The summed E-state index contributed by atoms with van der Waals surface area (Å²) in [4.78, 5) is 28.2. The Morgan fingerprint density at radius 3 is 2.85 bits per heavy atom. The molecule has 26 heavy (non-hydrogen) atoms. The third-order valence-corrected chi connectivity index (χ3v) is 4.53. The first-order chi connectivity index (χ1) is 12.7. The van der Waals surface area contributed by atoms with Crippen LogP contribution in [-0.2, 0) is 6.54 Å². The first-order valence-electron chi connectivity index (χ1n) is 8.68. The number of aryl methyl sites for hydroxylation is 1. The molecule has 2 N–H and O–H groups in total. The van der Waals surface area contributed by atoms with Crippen LogP contribution in [0.4, 0.5) is 5.69 Å². The van der Waals surface area contributed by atoms with Crippen molar-refractivity contribution in [2.45, 2.75) is 19.9 Å². The van der Waals surface area contributed by atoms with E-state index in [2.05, 4.69) is 21.8 Å². The molecule has 0 aliphatic rings. The number of pyridine rings is 1. The van der Waals surface area contributed by atoms with E-state index >= 15 is 0 Å². The zero-order chi connectivity index (χ0) is 18.1. The number of H-pyrrole nitrogens is 1. The number of nitrogens with zero attached hydrogens (tertiary/aromatic N) is 1. The fourth-order valence-corrected chi connectivity index (χ4v) is 3.25. The van der Waals surface area contributed by atoms with Crippen LogP contribution in [0.1, 0.15) is 23.7 Å². The largest absolute Gasteiger partial charge is 0.360 e. The van der Waals surface area contributed by atoms with Crippen molar-refractivity contribution in [1.82, 2.24) is 9.55 Å². The molecule has 4 rings (SSSR count). The van der Waals surface area contributed by atoms with E-state index in [1.165, 1.54) is 6.20 Å². The second-order valence-electron chi connectivity index (χ2n) is 6.31. The number of anilines is 1. The van der Waals surface area contributed by atoms with Crippen molar-refractivity contribution in [3.05, 3.63) is 76.7 Å². The summed E-state index contributed by atoms with van der Waals surface area (Å²) in [5, 5.41) is 4.39. The molecule has 0 spiro atoms. The van der Waals surface area contributed by atoms with Crippen LogP contribution >= 0.6 is 0 Å². The zero-order valence-corrected chi connectivity index (χ0v) is 14.5. The molecule has 0 aliphatic heterocycles. The van der Waals surface area contributed by atoms with Crippen LogP contribution in [0.2, 0.25) is 0 Å². The molecule has 130 valence electrons. The molecule has 0 unspecified atom stereocenters. The van der Waals surface area contributed by atoms with E-state index in [0.29, 0.717) is 16.6 Å². The Morgan fingerprint density at radius 1 is 1.15 bits per heavy atom. The van der Waals surface area contributed by atoms with Gasteiger partial charge < -0.3 is 14.9 Å². The highest BCUT2D eigenvalue weighted by Crippen LogP contribution is 2.21. The number of nitrogens with one attached hydrogen (secondary N) is 2. The number of rotatable bonds is 4. The summed E-state index contributed by atoms with van der Waals surface area (Å²) in [6.07, 6.45) is 4.58. The number of hydrogen-bond donors (Lipinski definition) is 2. The van der Waals surface area contributed by atoms with E-state index in [9.17, 15) is 9.59 Å². The molecule has 0 saturated carbocycles. The molecule has 5 heteroatoms. The van der Waals surface area contributed by atoms with Crippen molar-refractivity contribution in [3.8, 4) is 0 Å². The summed E-state index contributed by atoms with van der Waals surface area (Å²) in [5.74, 6) is -0.413. The predicted molar refractivity (Wildman–Crippen MR) is 105 cm³/mol. The number of carbonyl (C=O) groups excluding carboxylic acids is 1. The van der Waals surface area contributed by atoms with E-state index in [1.807, 2.05) is 42.6 Å². The topological polar surface area (TPSA) is 66.9 Å². The van der Waals surface area contributed by atoms with Gasteiger partial charge >= 0.3 is 0 Å². The van der Waals surface area contributed by atoms with Gasteiger partial charge in [-0.05, 0) is 42.8 Å². The average Bonchev–Trinajstić information content (AvgIpc) is 3.05. The molecule has 0 aliphatic carbocycles. The van der Waals surface area contributed by atoms with E-state index in [-0.39, 0.29) is 11.0 Å². The van der Waals surface area contributed by atoms with Crippen LogP contribution in [0.15, 0.2) is 65.7 Å². The van der Waals surface area contributed by atoms with Crippen LogP contribution in [0.5, 0.6) is 0 Å². The molecule has 0 fully saturated rings. The van der Waals surface area contributed by atoms with E-state index < -0.39 is 5.91 Å². The number of fused-ring (bicyclic) bond motifs is 2. The number of para-hydroxylation sites is 1. The first-order valence-corrected chi connectivity index (χ1v) is 8.68. The molecule has 2 heterocycles. The Morgan fingerprint density at radius 2 is 2.00 bits per heavy atom. The molecule has 2 aromatic carbocycles. The average molecular weight is 345 g/mol. The fraction of sp³-hybridized carbons (Fsp3) is 0.143. The molecule has 5 nitrogen and oxygen atoms in total. The predicted octanol–water partition coefficient (Wildman–Crippen LogP) is 4.15. The summed E-state index contributed by atoms with van der Waals surface area (Å²) in [5.41, 5.74) is 2.35. The van der Waals surface area contributed by atoms with Gasteiger partial charge in [-0.3, -0.25) is 9.59 Å². The quantitative estimate of drug-likeness (QED) is 0.583. The van der Waals surface area contributed by atoms with Gasteiger partial charge in [-0.15, -0.1) is 0 Å². The third kappa shape index (κ3) is 2.77. The lowest BCUT2D eigenvalue weighted by Crippen LogP contribution is -2.21. The standard InChI is InChI=1S/C21H19N3O2/c1-2-10-24-11-9-14-12-15(7-8-19(14)24)23-21(26)17-13-22-18-6-4-3-5-16(18)20(17)25/h3-9,11-13H,2,10H2,1H3,(H,22,25)(H,23,26). The van der Waals surface area contributed by atoms with Crippen molar-refractivity contribution < 1.29 is 4.79 Å². The Balaban J connectivity index is 1.65. The van der Waals surface area contributed by atoms with Crippen LogP contribution in [0.25, 0.3) is 21.8 Å². The smallest absolute Gasteiger partial charge is 0.261 e. The Hall–Kier alpha value is -3.34. The van der Waals surface area contributed by atoms with Gasteiger partial charge in [0.2, 0.25) is 5.43 Å². The van der Waals surface area contributed by atoms with Gasteiger partial charge in [-0.2, -0.15) is 0 Å². The normalized spacial score (nSPS) is 11.1. The molecule has 0 atom stereocenters. The second-order valence-corrected chi connectivity index (χ2v) is 6.31. The second kappa shape index (κ2) is 6.52. The van der Waals surface area contributed by atoms with Crippen LogP contribution < -0.4 is 10.7 Å². The summed E-state index contributed by atoms with van der Waals surface area (Å²) in [6, 6.07) is 15.0. The highest BCUT2D eigenvalue weighted by atomic mass is 16.2. The minimum absolute atomic E-state index is 0.104. The van der Waals surface area contributed by atoms with Crippen LogP contribution in [0, 0.1) is 0 Å². The van der Waals surface area contributed by atoms with Crippen molar-refractivity contribution in [2.75, 3.05) is 5.32 Å². The molecule has 0 radical (unpaired) electrons. The van der Waals surface area contributed by atoms with Crippen LogP contribution in [-0.4, -0.2) is 15.5 Å². The molecule has 0 bridgehead atoms. The van der Waals surface area contributed by atoms with Crippen molar-refractivity contribution in [3.63, 3.8) is 0 Å². The maximum atomic E-state index is 12.6. The summed E-state index contributed by atoms with van der Waals surface area (Å²) in [7, 11) is 0. The van der Waals surface area contributed by atoms with Gasteiger partial charge in [0.25, 0.3) is 5.91 Å². The molecule has 0 saturated heterocycles. The molecular formula is C21H19N3O2. The lowest BCUT2D eigenvalue weighted by molar-refractivity contribution is 0.102. The van der Waals surface area contributed by atoms with E-state index in [0.717, 1.165) is 23.9 Å². The summed E-state index contributed by atoms with van der Waals surface area (Å²) in [6.45, 7) is 3.10. The minimum atomic E-state index is -0.413. The maximum Gasteiger partial charge on any atom is 0.261 e. The van der Waals surface area contributed by atoms with Gasteiger partial charge in [0.05, 0.1) is 0 Å². The SMILES string of the molecule is CCCn1ccc2cc(NC(=O)c3c[nH]c4ccccc4c3=O)ccc21. The monoisotopic (exact) mass is 345 g/mol. The number of amides is 1. The highest BCUT2D eigenvalue weighted by molar-refractivity contribution is 6.06. The maximum absolute atomic E-state index is 12.6. The fourth-order valence-electron chi connectivity index (χ4n) is 3.25. The van der Waals surface area contributed by atoms with Crippen molar-refractivity contribution in [1.29, 1.82) is 0 Å². The number of carbonyl (C=O) groups is 1. The number of hydrogen-bond acceptors (Lipinski definition) is 2. The molecule has 4 aromatic rings. The van der Waals surface area contributed by atoms with Gasteiger partial charge in [-0.1, -0.05) is 19.1 Å². The Labute approximate surface area is 150 Å². The minimum Gasteiger partial charge on any atom is -0.360 e. The van der Waals surface area contributed by atoms with E-state index in [1.54, 1.807) is 12.1 Å². The Bertz CT molecular complexity index is 1170. The van der Waals surface area contributed by atoms with Gasteiger partial charge in [-0.25, -0.2) is 0 Å². The van der Waals surface area contributed by atoms with Gasteiger partial charge in [0, 0.05) is 46.4 Å². The van der Waals surface area contributed by atoms with E-state index in [4.69, 9.17) is 0 Å². The van der Waals surface area contributed by atoms with Crippen LogP contribution in [0.3, 0.4) is 0 Å². The lowest BCUT2D eigenvalue weighted by Gasteiger charge is -2.07. The van der Waals surface area contributed by atoms with Gasteiger partial charge in [0.1, 0.15) is 5.56 Å². The highest BCUT2D eigenvalue weighted by Gasteiger charge is 2.13. The lowest BCUT2D eigenvalue weighted by atomic mass is 10.1. The number of aromatic nitrogens is 2. The van der Waals surface area contributed by atoms with Crippen molar-refractivity contribution >= 4 is 33.4 Å².